The number of halogens is 1. The summed E-state index contributed by atoms with van der Waals surface area (Å²) in [6, 6.07) is 0.382. The maximum Gasteiger partial charge on any atom is 0.394 e. The summed E-state index contributed by atoms with van der Waals surface area (Å²) < 4.78 is 32.2. The van der Waals surface area contributed by atoms with E-state index in [1.807, 2.05) is 22.6 Å². The van der Waals surface area contributed by atoms with Crippen LogP contribution in [0, 0.1) is 15.4 Å². The molecule has 0 radical (unpaired) electrons. The highest BCUT2D eigenvalue weighted by Crippen LogP contribution is 2.53. The highest BCUT2D eigenvalue weighted by Gasteiger charge is 2.64. The Kier molecular flexibility index (Phi) is 8.17. The largest absolute Gasteiger partial charge is 0.508 e. The normalized spacial score (nSPS) is 26.3. The van der Waals surface area contributed by atoms with Crippen molar-refractivity contribution in [2.75, 3.05) is 19.4 Å². The molecule has 0 spiro atoms. The van der Waals surface area contributed by atoms with Crippen LogP contribution in [0.15, 0.2) is 23.0 Å². The number of phenols is 1. The molecular formula is C22H24IN3O12S. The van der Waals surface area contributed by atoms with Crippen LogP contribution in [0.4, 0.5) is 5.69 Å². The molecule has 0 aromatic heterocycles. The van der Waals surface area contributed by atoms with Crippen LogP contribution >= 0.6 is 22.6 Å². The zero-order valence-corrected chi connectivity index (χ0v) is 23.2. The molecule has 39 heavy (non-hydrogen) atoms. The van der Waals surface area contributed by atoms with Gasteiger partial charge >= 0.3 is 10.4 Å². The summed E-state index contributed by atoms with van der Waals surface area (Å²) in [5.74, 6) is -7.18. The van der Waals surface area contributed by atoms with Gasteiger partial charge < -0.3 is 31.5 Å². The molecule has 0 heterocycles. The van der Waals surface area contributed by atoms with E-state index in [9.17, 15) is 39.6 Å². The number of nitrogens with one attached hydrogen (secondary N) is 1. The molecule has 4 atom stereocenters. The lowest BCUT2D eigenvalue weighted by molar-refractivity contribution is -0.153. The van der Waals surface area contributed by atoms with E-state index in [1.165, 1.54) is 25.1 Å². The molecule has 0 aliphatic heterocycles. The van der Waals surface area contributed by atoms with Crippen LogP contribution in [-0.4, -0.2) is 92.5 Å². The Bertz CT molecular complexity index is 1460. The minimum atomic E-state index is -4.67. The number of anilines is 1. The van der Waals surface area contributed by atoms with Crippen molar-refractivity contribution in [1.82, 2.24) is 4.90 Å². The summed E-state index contributed by atoms with van der Waals surface area (Å²) in [6.07, 6.45) is 0.541. The van der Waals surface area contributed by atoms with Crippen molar-refractivity contribution >= 4 is 68.3 Å². The average Bonchev–Trinajstić information content (AvgIpc) is 2.78. The Morgan fingerprint density at radius 3 is 2.28 bits per heavy atom. The van der Waals surface area contributed by atoms with Crippen LogP contribution < -0.4 is 11.1 Å². The van der Waals surface area contributed by atoms with Crippen molar-refractivity contribution in [3.8, 4) is 5.75 Å². The minimum Gasteiger partial charge on any atom is -0.508 e. The first-order valence-corrected chi connectivity index (χ1v) is 13.4. The number of aliphatic hydroxyl groups is 3. The van der Waals surface area contributed by atoms with Crippen molar-refractivity contribution < 1.29 is 57.1 Å². The third-order valence-electron chi connectivity index (χ3n) is 6.88. The van der Waals surface area contributed by atoms with E-state index in [0.29, 0.717) is 15.5 Å². The number of aromatic hydroxyl groups is 1. The van der Waals surface area contributed by atoms with Gasteiger partial charge in [-0.15, -0.1) is 0 Å². The first kappa shape index (κ1) is 30.4. The van der Waals surface area contributed by atoms with E-state index < -0.39 is 74.2 Å². The average molecular weight is 681 g/mol. The zero-order valence-electron chi connectivity index (χ0n) is 20.2. The lowest BCUT2D eigenvalue weighted by Crippen LogP contribution is -2.65. The number of amides is 2. The van der Waals surface area contributed by atoms with Crippen LogP contribution in [0.3, 0.4) is 0 Å². The van der Waals surface area contributed by atoms with Gasteiger partial charge in [0.15, 0.2) is 11.4 Å². The van der Waals surface area contributed by atoms with E-state index in [2.05, 4.69) is 5.32 Å². The Labute approximate surface area is 234 Å². The summed E-state index contributed by atoms with van der Waals surface area (Å²) in [5, 5.41) is 46.5. The van der Waals surface area contributed by atoms with Crippen molar-refractivity contribution in [2.45, 2.75) is 24.5 Å². The monoisotopic (exact) mass is 681 g/mol. The van der Waals surface area contributed by atoms with Gasteiger partial charge in [0.25, 0.3) is 5.91 Å². The van der Waals surface area contributed by atoms with Gasteiger partial charge in [0.1, 0.15) is 22.8 Å². The lowest BCUT2D eigenvalue weighted by Gasteiger charge is -2.50. The third kappa shape index (κ3) is 5.12. The highest BCUT2D eigenvalue weighted by molar-refractivity contribution is 14.1. The summed E-state index contributed by atoms with van der Waals surface area (Å²) >= 11 is 1.98. The maximum atomic E-state index is 13.7. The fraction of sp³-hybridized carbons (Fsp3) is 0.364. The fourth-order valence-corrected chi connectivity index (χ4v) is 6.24. The van der Waals surface area contributed by atoms with Crippen LogP contribution in [0.2, 0.25) is 0 Å². The molecule has 3 aliphatic rings. The molecule has 1 saturated carbocycles. The van der Waals surface area contributed by atoms with Crippen LogP contribution in [-0.2, 0) is 36.0 Å². The number of aliphatic hydroxyl groups excluding tert-OH is 2. The number of nitrogens with zero attached hydrogens (tertiary/aromatic N) is 1. The molecule has 1 aromatic carbocycles. The Morgan fingerprint density at radius 1 is 1.23 bits per heavy atom. The molecular weight excluding hydrogens is 657 g/mol. The standard InChI is InChI=1S/C22H22IN3O8.H2O4S/c1-26(2)15-9-4-7-3-8-10(23)5-11(25-6-27)16(28)13(8)17(29)12(7)19(31)22(9,34)20(32)14(18(15)30)21(24)33;1-5(2,3)4/h5-7,9,15,28-29,32,34H,3-4H2,1-2H3,(H2,24,33)(H,25,27);(H2,1,2,3,4)/t7?,9?,15-,22-;/m0./s1. The van der Waals surface area contributed by atoms with Crippen LogP contribution in [0.5, 0.6) is 5.75 Å². The van der Waals surface area contributed by atoms with Gasteiger partial charge in [0, 0.05) is 15.1 Å². The number of fused-ring (bicyclic) bond motifs is 3. The van der Waals surface area contributed by atoms with E-state index >= 15 is 0 Å². The van der Waals surface area contributed by atoms with Gasteiger partial charge in [-0.3, -0.25) is 33.2 Å². The molecule has 212 valence electrons. The molecule has 3 aliphatic carbocycles. The second kappa shape index (κ2) is 10.5. The number of Topliss-reactive ketones (excluding diaryl/α,β-unsaturated/α-hetero) is 2. The summed E-state index contributed by atoms with van der Waals surface area (Å²) in [6.45, 7) is 0. The molecule has 0 saturated heterocycles. The zero-order chi connectivity index (χ0) is 29.8. The number of benzene rings is 1. The van der Waals surface area contributed by atoms with Gasteiger partial charge in [0.05, 0.1) is 17.3 Å². The number of ketones is 2. The van der Waals surface area contributed by atoms with Gasteiger partial charge in [-0.1, -0.05) is 0 Å². The topological polar surface area (TPSA) is 265 Å². The number of phenolic OH excluding ortho intramolecular Hbond substituents is 1. The predicted octanol–water partition coefficient (Wildman–Crippen LogP) is -0.516. The molecule has 17 heteroatoms. The summed E-state index contributed by atoms with van der Waals surface area (Å²) in [4.78, 5) is 51.1. The second-order valence-electron chi connectivity index (χ2n) is 9.28. The number of primary amides is 1. The Balaban J connectivity index is 0.000000771. The number of carbonyl (C=O) groups excluding carboxylic acids is 4. The number of rotatable bonds is 4. The van der Waals surface area contributed by atoms with Crippen molar-refractivity contribution in [3.05, 3.63) is 37.7 Å². The second-order valence-corrected chi connectivity index (χ2v) is 11.3. The molecule has 2 unspecified atom stereocenters. The van der Waals surface area contributed by atoms with Gasteiger partial charge in [-0.25, -0.2) is 0 Å². The number of carbonyl (C=O) groups is 4. The van der Waals surface area contributed by atoms with E-state index in [1.54, 1.807) is 0 Å². The number of likely N-dealkylation sites (N-methyl/N-ethyl adjacent to an activating group) is 1. The molecule has 2 amide bonds. The summed E-state index contributed by atoms with van der Waals surface area (Å²) in [7, 11) is -1.59. The Hall–Kier alpha value is -3.10. The number of hydrogen-bond acceptors (Lipinski definition) is 11. The van der Waals surface area contributed by atoms with E-state index in [-0.39, 0.29) is 29.7 Å². The number of nitrogens with two attached hydrogens (primary N) is 1. The SMILES string of the molecule is CN(C)[C@@H]1C(=O)C(C(N)=O)=C(O)[C@@]2(O)C(=O)C3=C(O)c4c(O)c(NC=O)cc(I)c4CC3CC12.O=S(=O)(O)O. The molecule has 15 nitrogen and oxygen atoms in total. The summed E-state index contributed by atoms with van der Waals surface area (Å²) in [5.41, 5.74) is 1.95. The number of hydrogen-bond donors (Lipinski definition) is 8. The van der Waals surface area contributed by atoms with Crippen molar-refractivity contribution in [2.24, 2.45) is 17.6 Å². The van der Waals surface area contributed by atoms with E-state index in [4.69, 9.17) is 23.3 Å². The highest BCUT2D eigenvalue weighted by atomic mass is 127. The van der Waals surface area contributed by atoms with Gasteiger partial charge in [0.2, 0.25) is 12.2 Å². The van der Waals surface area contributed by atoms with Crippen LogP contribution in [0.25, 0.3) is 5.76 Å². The molecule has 0 bridgehead atoms. The Morgan fingerprint density at radius 2 is 1.79 bits per heavy atom. The quantitative estimate of drug-likeness (QED) is 0.0655. The molecule has 9 N–H and O–H groups in total. The van der Waals surface area contributed by atoms with Crippen molar-refractivity contribution in [1.29, 1.82) is 0 Å². The fourth-order valence-electron chi connectivity index (χ4n) is 5.44. The maximum absolute atomic E-state index is 13.7. The van der Waals surface area contributed by atoms with Gasteiger partial charge in [-0.2, -0.15) is 8.42 Å². The molecule has 1 fully saturated rings. The lowest BCUT2D eigenvalue weighted by atomic mass is 9.57. The first-order chi connectivity index (χ1) is 17.9. The first-order valence-electron chi connectivity index (χ1n) is 11.0. The molecule has 4 rings (SSSR count). The van der Waals surface area contributed by atoms with E-state index in [0.717, 1.165) is 0 Å². The van der Waals surface area contributed by atoms with Gasteiger partial charge in [-0.05, 0) is 67.1 Å². The van der Waals surface area contributed by atoms with Crippen molar-refractivity contribution in [3.63, 3.8) is 0 Å². The third-order valence-corrected chi connectivity index (χ3v) is 7.84. The smallest absolute Gasteiger partial charge is 0.394 e. The van der Waals surface area contributed by atoms with Crippen LogP contribution in [0.1, 0.15) is 17.5 Å². The molecule has 1 aromatic rings. The predicted molar refractivity (Wildman–Crippen MR) is 141 cm³/mol. The minimum absolute atomic E-state index is 0.0109.